The van der Waals surface area contributed by atoms with Crippen LogP contribution in [0.25, 0.3) is 0 Å². The van der Waals surface area contributed by atoms with E-state index in [-0.39, 0.29) is 16.2 Å². The summed E-state index contributed by atoms with van der Waals surface area (Å²) < 4.78 is 38.0. The van der Waals surface area contributed by atoms with Gasteiger partial charge in [-0.2, -0.15) is 0 Å². The molecule has 1 spiro atoms. The van der Waals surface area contributed by atoms with Gasteiger partial charge in [-0.15, -0.1) is 0 Å². The summed E-state index contributed by atoms with van der Waals surface area (Å²) in [6.45, 7) is 30.4. The second-order valence-corrected chi connectivity index (χ2v) is 17.8. The molecule has 0 saturated carbocycles. The topological polar surface area (TPSA) is 55.4 Å². The predicted molar refractivity (Wildman–Crippen MR) is 174 cm³/mol. The third-order valence-corrected chi connectivity index (χ3v) is 9.80. The van der Waals surface area contributed by atoms with Crippen molar-refractivity contribution in [1.82, 2.24) is 0 Å². The molecule has 2 aliphatic rings. The summed E-state index contributed by atoms with van der Waals surface area (Å²) in [5.74, 6) is 2.09. The quantitative estimate of drug-likeness (QED) is 0.311. The molecule has 0 aromatic heterocycles. The van der Waals surface area contributed by atoms with E-state index in [1.807, 2.05) is 0 Å². The molecule has 42 heavy (non-hydrogen) atoms. The zero-order valence-corrected chi connectivity index (χ0v) is 29.8. The van der Waals surface area contributed by atoms with Crippen molar-refractivity contribution in [2.24, 2.45) is 5.41 Å². The Bertz CT molecular complexity index is 1220. The van der Waals surface area contributed by atoms with Crippen LogP contribution in [0.2, 0.25) is 0 Å². The lowest BCUT2D eigenvalue weighted by Gasteiger charge is -2.42. The van der Waals surface area contributed by atoms with E-state index in [0.29, 0.717) is 32.3 Å². The molecule has 0 amide bonds. The summed E-state index contributed by atoms with van der Waals surface area (Å²) in [5, 5.41) is 0. The summed E-state index contributed by atoms with van der Waals surface area (Å²) >= 11 is 0. The lowest BCUT2D eigenvalue weighted by atomic mass is 9.78. The van der Waals surface area contributed by atoms with Crippen molar-refractivity contribution in [3.05, 3.63) is 57.6 Å². The summed E-state index contributed by atoms with van der Waals surface area (Å²) in [5.41, 5.74) is 6.52. The van der Waals surface area contributed by atoms with Gasteiger partial charge < -0.3 is 27.1 Å². The van der Waals surface area contributed by atoms with E-state index in [4.69, 9.17) is 27.1 Å². The van der Waals surface area contributed by atoms with Crippen molar-refractivity contribution in [3.63, 3.8) is 0 Å². The Kier molecular flexibility index (Phi) is 9.82. The highest BCUT2D eigenvalue weighted by molar-refractivity contribution is 7.42. The Morgan fingerprint density at radius 1 is 0.595 bits per heavy atom. The molecular weight excluding hydrogens is 566 g/mol. The maximum atomic E-state index is 6.57. The van der Waals surface area contributed by atoms with Gasteiger partial charge in [0.2, 0.25) is 0 Å². The molecule has 234 valence electrons. The van der Waals surface area contributed by atoms with Gasteiger partial charge in [0, 0.05) is 16.7 Å². The van der Waals surface area contributed by atoms with E-state index in [1.54, 1.807) is 0 Å². The van der Waals surface area contributed by atoms with Gasteiger partial charge in [-0.1, -0.05) is 112 Å². The number of rotatable bonds is 5. The molecule has 0 N–H and O–H groups in total. The molecular formula is C34H52O6P2. The highest BCUT2D eigenvalue weighted by atomic mass is 31.2. The van der Waals surface area contributed by atoms with Gasteiger partial charge in [-0.25, -0.2) is 0 Å². The van der Waals surface area contributed by atoms with Crippen LogP contribution in [-0.2, 0) is 34.3 Å². The first-order valence-corrected chi connectivity index (χ1v) is 17.3. The fourth-order valence-electron chi connectivity index (χ4n) is 5.21. The van der Waals surface area contributed by atoms with Gasteiger partial charge in [0.15, 0.2) is 0 Å². The number of hydrogen-bond acceptors (Lipinski definition) is 6. The van der Waals surface area contributed by atoms with E-state index in [9.17, 15) is 0 Å². The molecule has 2 saturated heterocycles. The van der Waals surface area contributed by atoms with Gasteiger partial charge in [-0.3, -0.25) is 0 Å². The summed E-state index contributed by atoms with van der Waals surface area (Å²) in [6.07, 6.45) is 0. The first-order valence-electron chi connectivity index (χ1n) is 15.1. The minimum atomic E-state index is -1.56. The Balaban J connectivity index is 1.45. The lowest BCUT2D eigenvalue weighted by molar-refractivity contribution is -0.0674. The zero-order chi connectivity index (χ0) is 31.3. The Hall–Kier alpha value is -1.26. The van der Waals surface area contributed by atoms with Crippen LogP contribution >= 0.6 is 17.2 Å². The number of aryl methyl sites for hydroxylation is 2. The average Bonchev–Trinajstić information content (AvgIpc) is 2.86. The van der Waals surface area contributed by atoms with Crippen molar-refractivity contribution in [2.75, 3.05) is 26.4 Å². The second kappa shape index (κ2) is 12.3. The first kappa shape index (κ1) is 33.6. The maximum absolute atomic E-state index is 6.57. The van der Waals surface area contributed by atoms with Crippen molar-refractivity contribution in [3.8, 4) is 11.5 Å². The summed E-state index contributed by atoms with van der Waals surface area (Å²) in [6, 6.07) is 8.88. The standard InChI is InChI=1S/C34H52O6P2/c1-22(2)25-14-23(3)15-26(31(5,6)7)29(25)39-41-35-18-34(19-36-41)20-37-42(38-21-34)40-30-27(32(8,9)10)16-24(4)17-28(30)33(11,12)13/h14-17,22H,18-21H2,1-13H3. The van der Waals surface area contributed by atoms with Crippen LogP contribution in [0.4, 0.5) is 0 Å². The van der Waals surface area contributed by atoms with Gasteiger partial charge in [0.05, 0.1) is 31.8 Å². The molecule has 6 nitrogen and oxygen atoms in total. The number of benzene rings is 2. The molecule has 2 aromatic carbocycles. The van der Waals surface area contributed by atoms with E-state index >= 15 is 0 Å². The maximum Gasteiger partial charge on any atom is 0.397 e. The van der Waals surface area contributed by atoms with Crippen LogP contribution < -0.4 is 9.05 Å². The van der Waals surface area contributed by atoms with Crippen LogP contribution in [0.1, 0.15) is 115 Å². The molecule has 0 bridgehead atoms. The van der Waals surface area contributed by atoms with Gasteiger partial charge >= 0.3 is 17.2 Å². The summed E-state index contributed by atoms with van der Waals surface area (Å²) in [4.78, 5) is 0. The monoisotopic (exact) mass is 618 g/mol. The molecule has 4 rings (SSSR count). The molecule has 8 heteroatoms. The average molecular weight is 619 g/mol. The zero-order valence-electron chi connectivity index (χ0n) is 28.1. The summed E-state index contributed by atoms with van der Waals surface area (Å²) in [7, 11) is -3.09. The first-order chi connectivity index (χ1) is 19.3. The molecule has 0 atom stereocenters. The lowest BCUT2D eigenvalue weighted by Crippen LogP contribution is -2.45. The second-order valence-electron chi connectivity index (χ2n) is 15.5. The number of hydrogen-bond donors (Lipinski definition) is 0. The van der Waals surface area contributed by atoms with Crippen LogP contribution in [0, 0.1) is 19.3 Å². The SMILES string of the molecule is Cc1cc(C(C)C)c(OP2OCC3(CO2)COP(Oc2c(C(C)(C)C)cc(C)cc2C(C)(C)C)OC3)c(C(C)(C)C)c1. The predicted octanol–water partition coefficient (Wildman–Crippen LogP) is 10.3. The van der Waals surface area contributed by atoms with Crippen LogP contribution in [0.15, 0.2) is 24.3 Å². The van der Waals surface area contributed by atoms with E-state index in [0.717, 1.165) is 11.5 Å². The Morgan fingerprint density at radius 2 is 0.929 bits per heavy atom. The van der Waals surface area contributed by atoms with Gasteiger partial charge in [0.25, 0.3) is 0 Å². The minimum absolute atomic E-state index is 0.0727. The molecule has 2 fully saturated rings. The minimum Gasteiger partial charge on any atom is -0.426 e. The van der Waals surface area contributed by atoms with Crippen molar-refractivity contribution in [1.29, 1.82) is 0 Å². The molecule has 2 heterocycles. The molecule has 0 radical (unpaired) electrons. The van der Waals surface area contributed by atoms with Gasteiger partial charge in [0.1, 0.15) is 11.5 Å². The third kappa shape index (κ3) is 7.68. The van der Waals surface area contributed by atoms with Crippen LogP contribution in [0.3, 0.4) is 0 Å². The Morgan fingerprint density at radius 3 is 1.29 bits per heavy atom. The molecule has 0 aliphatic carbocycles. The van der Waals surface area contributed by atoms with E-state index < -0.39 is 22.6 Å². The highest BCUT2D eigenvalue weighted by Crippen LogP contribution is 2.56. The molecule has 2 aromatic rings. The Labute approximate surface area is 257 Å². The normalized spacial score (nSPS) is 23.9. The molecule has 0 unspecified atom stereocenters. The van der Waals surface area contributed by atoms with Crippen LogP contribution in [-0.4, -0.2) is 26.4 Å². The van der Waals surface area contributed by atoms with E-state index in [2.05, 4.69) is 114 Å². The van der Waals surface area contributed by atoms with Crippen LogP contribution in [0.5, 0.6) is 11.5 Å². The van der Waals surface area contributed by atoms with E-state index in [1.165, 1.54) is 33.4 Å². The van der Waals surface area contributed by atoms with Crippen molar-refractivity contribution in [2.45, 2.75) is 112 Å². The molecule has 2 aliphatic heterocycles. The van der Waals surface area contributed by atoms with Crippen molar-refractivity contribution >= 4 is 17.2 Å². The fourth-order valence-corrected chi connectivity index (χ4v) is 7.79. The smallest absolute Gasteiger partial charge is 0.397 e. The van der Waals surface area contributed by atoms with Crippen molar-refractivity contribution < 1.29 is 27.1 Å². The largest absolute Gasteiger partial charge is 0.426 e. The highest BCUT2D eigenvalue weighted by Gasteiger charge is 2.46. The third-order valence-electron chi connectivity index (χ3n) is 7.78. The van der Waals surface area contributed by atoms with Gasteiger partial charge in [-0.05, 0) is 41.6 Å². The fraction of sp³-hybridized carbons (Fsp3) is 0.647.